The molecule has 0 saturated carbocycles. The van der Waals surface area contributed by atoms with E-state index in [1.807, 2.05) is 0 Å². The molecule has 11 aromatic carbocycles. The smallest absolute Gasteiger partial charge is 0.0713 e. The Bertz CT molecular complexity index is 3420. The molecule has 1 aliphatic carbocycles. The van der Waals surface area contributed by atoms with Crippen LogP contribution in [0.2, 0.25) is 0 Å². The van der Waals surface area contributed by atoms with Gasteiger partial charge in [-0.1, -0.05) is 224 Å². The van der Waals surface area contributed by atoms with Crippen LogP contribution in [0, 0.1) is 0 Å². The van der Waals surface area contributed by atoms with E-state index in [4.69, 9.17) is 0 Å². The fourth-order valence-corrected chi connectivity index (χ4v) is 10.5. The average molecular weight is 814 g/mol. The van der Waals surface area contributed by atoms with Gasteiger partial charge >= 0.3 is 0 Å². The Morgan fingerprint density at radius 3 is 1.42 bits per heavy atom. The van der Waals surface area contributed by atoms with Gasteiger partial charge < -0.3 is 4.90 Å². The SMILES string of the molecule is c1ccc(-c2c(-c3ccc(N(c4ccc(-c5cccc6ccccc56)cc4)c4ccc5c(c4)-c4ccccc4C5(c4ccccc4)c4ccccc4)cc3)ccc3ccccc23)cc1. The monoisotopic (exact) mass is 813 g/mol. The van der Waals surface area contributed by atoms with Gasteiger partial charge in [-0.2, -0.15) is 0 Å². The second-order valence-electron chi connectivity index (χ2n) is 16.8. The number of nitrogens with zero attached hydrogens (tertiary/aromatic N) is 1. The highest BCUT2D eigenvalue weighted by Crippen LogP contribution is 2.57. The highest BCUT2D eigenvalue weighted by molar-refractivity contribution is 6.04. The molecule has 11 aromatic rings. The first kappa shape index (κ1) is 37.5. The van der Waals surface area contributed by atoms with E-state index in [-0.39, 0.29) is 0 Å². The molecule has 12 rings (SSSR count). The second-order valence-corrected chi connectivity index (χ2v) is 16.8. The van der Waals surface area contributed by atoms with E-state index >= 15 is 0 Å². The summed E-state index contributed by atoms with van der Waals surface area (Å²) in [6, 6.07) is 95.8. The van der Waals surface area contributed by atoms with Gasteiger partial charge in [-0.25, -0.2) is 0 Å². The summed E-state index contributed by atoms with van der Waals surface area (Å²) < 4.78 is 0. The molecule has 1 heteroatoms. The number of hydrogen-bond donors (Lipinski definition) is 0. The summed E-state index contributed by atoms with van der Waals surface area (Å²) in [4.78, 5) is 2.42. The zero-order chi connectivity index (χ0) is 42.5. The Morgan fingerprint density at radius 1 is 0.266 bits per heavy atom. The van der Waals surface area contributed by atoms with Gasteiger partial charge in [0.1, 0.15) is 0 Å². The minimum atomic E-state index is -0.462. The van der Waals surface area contributed by atoms with Crippen LogP contribution in [-0.2, 0) is 5.41 Å². The fraction of sp³-hybridized carbons (Fsp3) is 0.0159. The Morgan fingerprint density at radius 2 is 0.750 bits per heavy atom. The normalized spacial score (nSPS) is 12.5. The van der Waals surface area contributed by atoms with Gasteiger partial charge in [0.15, 0.2) is 0 Å². The van der Waals surface area contributed by atoms with Crippen molar-refractivity contribution in [3.05, 3.63) is 283 Å². The Balaban J connectivity index is 1.03. The van der Waals surface area contributed by atoms with Crippen molar-refractivity contribution < 1.29 is 0 Å². The maximum atomic E-state index is 2.42. The van der Waals surface area contributed by atoms with Crippen LogP contribution < -0.4 is 4.90 Å². The lowest BCUT2D eigenvalue weighted by atomic mass is 9.68. The average Bonchev–Trinajstić information content (AvgIpc) is 3.67. The molecule has 0 fully saturated rings. The molecule has 0 heterocycles. The van der Waals surface area contributed by atoms with E-state index in [9.17, 15) is 0 Å². The zero-order valence-corrected chi connectivity index (χ0v) is 35.3. The molecule has 1 nitrogen and oxygen atoms in total. The van der Waals surface area contributed by atoms with Crippen molar-refractivity contribution in [3.63, 3.8) is 0 Å². The summed E-state index contributed by atoms with van der Waals surface area (Å²) in [6.07, 6.45) is 0. The van der Waals surface area contributed by atoms with Crippen molar-refractivity contribution in [3.8, 4) is 44.5 Å². The van der Waals surface area contributed by atoms with E-state index in [0.717, 1.165) is 17.1 Å². The summed E-state index contributed by atoms with van der Waals surface area (Å²) in [6.45, 7) is 0. The van der Waals surface area contributed by atoms with Crippen LogP contribution in [0.5, 0.6) is 0 Å². The van der Waals surface area contributed by atoms with Crippen molar-refractivity contribution in [2.24, 2.45) is 0 Å². The van der Waals surface area contributed by atoms with E-state index in [1.165, 1.54) is 88.3 Å². The third-order valence-corrected chi connectivity index (χ3v) is 13.4. The summed E-state index contributed by atoms with van der Waals surface area (Å²) in [5.41, 5.74) is 17.8. The second kappa shape index (κ2) is 15.6. The lowest BCUT2D eigenvalue weighted by Gasteiger charge is -2.34. The highest BCUT2D eigenvalue weighted by atomic mass is 15.1. The van der Waals surface area contributed by atoms with Crippen molar-refractivity contribution in [1.82, 2.24) is 0 Å². The number of rotatable bonds is 8. The van der Waals surface area contributed by atoms with Crippen LogP contribution >= 0.6 is 0 Å². The van der Waals surface area contributed by atoms with Crippen LogP contribution in [-0.4, -0.2) is 0 Å². The van der Waals surface area contributed by atoms with Crippen molar-refractivity contribution >= 4 is 38.6 Å². The van der Waals surface area contributed by atoms with Crippen molar-refractivity contribution in [1.29, 1.82) is 0 Å². The molecule has 0 amide bonds. The third kappa shape index (κ3) is 6.08. The maximum absolute atomic E-state index is 2.42. The first-order chi connectivity index (χ1) is 31.8. The molecule has 0 bridgehead atoms. The molecule has 300 valence electrons. The molecular formula is C63H43N. The molecule has 0 N–H and O–H groups in total. The number of anilines is 3. The molecular weight excluding hydrogens is 771 g/mol. The van der Waals surface area contributed by atoms with Crippen LogP contribution in [0.3, 0.4) is 0 Å². The Kier molecular flexibility index (Phi) is 9.13. The van der Waals surface area contributed by atoms with Crippen LogP contribution in [0.25, 0.3) is 66.1 Å². The molecule has 0 saturated heterocycles. The summed E-state index contributed by atoms with van der Waals surface area (Å²) in [5.74, 6) is 0. The number of benzene rings is 11. The molecule has 1 aliphatic rings. The Labute approximate surface area is 374 Å². The quantitative estimate of drug-likeness (QED) is 0.148. The molecule has 0 spiro atoms. The minimum absolute atomic E-state index is 0.462. The van der Waals surface area contributed by atoms with E-state index in [2.05, 4.69) is 266 Å². The maximum Gasteiger partial charge on any atom is 0.0713 e. The van der Waals surface area contributed by atoms with E-state index < -0.39 is 5.41 Å². The Hall–Kier alpha value is -8.26. The predicted molar refractivity (Wildman–Crippen MR) is 270 cm³/mol. The molecule has 0 radical (unpaired) electrons. The summed E-state index contributed by atoms with van der Waals surface area (Å²) in [7, 11) is 0. The van der Waals surface area contributed by atoms with Crippen LogP contribution in [0.15, 0.2) is 261 Å². The topological polar surface area (TPSA) is 3.24 Å². The van der Waals surface area contributed by atoms with Gasteiger partial charge in [0.25, 0.3) is 0 Å². The highest BCUT2D eigenvalue weighted by Gasteiger charge is 2.46. The van der Waals surface area contributed by atoms with Gasteiger partial charge in [0.2, 0.25) is 0 Å². The van der Waals surface area contributed by atoms with E-state index in [1.54, 1.807) is 0 Å². The van der Waals surface area contributed by atoms with Gasteiger partial charge in [-0.15, -0.1) is 0 Å². The number of hydrogen-bond acceptors (Lipinski definition) is 1. The van der Waals surface area contributed by atoms with Gasteiger partial charge in [0, 0.05) is 17.1 Å². The third-order valence-electron chi connectivity index (χ3n) is 13.4. The summed E-state index contributed by atoms with van der Waals surface area (Å²) >= 11 is 0. The largest absolute Gasteiger partial charge is 0.310 e. The van der Waals surface area contributed by atoms with Gasteiger partial charge in [-0.05, 0) is 125 Å². The fourth-order valence-electron chi connectivity index (χ4n) is 10.5. The first-order valence-electron chi connectivity index (χ1n) is 22.2. The van der Waals surface area contributed by atoms with Crippen LogP contribution in [0.4, 0.5) is 17.1 Å². The van der Waals surface area contributed by atoms with E-state index in [0.29, 0.717) is 0 Å². The molecule has 0 unspecified atom stereocenters. The molecule has 0 aromatic heterocycles. The van der Waals surface area contributed by atoms with Gasteiger partial charge in [0.05, 0.1) is 5.41 Å². The standard InChI is InChI=1S/C63H43N/c1-4-19-48(20-5-1)62-56-27-13-11-18-45(56)35-41-57(62)47-33-38-52(39-34-47)64(51-36-31-46(32-37-51)55-29-16-21-44-17-10-12-26-54(44)55)53-40-42-61-59(43-53)58-28-14-15-30-60(58)63(61,49-22-6-2-7-23-49)50-24-8-3-9-25-50/h1-43H. The van der Waals surface area contributed by atoms with Crippen molar-refractivity contribution in [2.45, 2.75) is 5.41 Å². The molecule has 0 aliphatic heterocycles. The first-order valence-corrected chi connectivity index (χ1v) is 22.2. The molecule has 0 atom stereocenters. The summed E-state index contributed by atoms with van der Waals surface area (Å²) in [5, 5.41) is 4.99. The lowest BCUT2D eigenvalue weighted by Crippen LogP contribution is -2.28. The van der Waals surface area contributed by atoms with Gasteiger partial charge in [-0.3, -0.25) is 0 Å². The molecule has 64 heavy (non-hydrogen) atoms. The minimum Gasteiger partial charge on any atom is -0.310 e. The lowest BCUT2D eigenvalue weighted by molar-refractivity contribution is 0.768. The predicted octanol–water partition coefficient (Wildman–Crippen LogP) is 16.8. The number of fused-ring (bicyclic) bond motifs is 5. The zero-order valence-electron chi connectivity index (χ0n) is 35.3. The van der Waals surface area contributed by atoms with Crippen molar-refractivity contribution in [2.75, 3.05) is 4.90 Å². The van der Waals surface area contributed by atoms with Crippen LogP contribution in [0.1, 0.15) is 22.3 Å².